The van der Waals surface area contributed by atoms with Crippen molar-refractivity contribution in [2.45, 2.75) is 38.1 Å². The lowest BCUT2D eigenvalue weighted by atomic mass is 9.91. The van der Waals surface area contributed by atoms with E-state index in [1.807, 2.05) is 0 Å². The fraction of sp³-hybridized carbons (Fsp3) is 1.00. The summed E-state index contributed by atoms with van der Waals surface area (Å²) in [5.74, 6) is 0. The Hall–Kier alpha value is 0.440. The fourth-order valence-electron chi connectivity index (χ4n) is 2.00. The molecule has 12 heavy (non-hydrogen) atoms. The highest BCUT2D eigenvalue weighted by Crippen LogP contribution is 2.48. The van der Waals surface area contributed by atoms with Gasteiger partial charge in [0.05, 0.1) is 0 Å². The zero-order chi connectivity index (χ0) is 8.60. The van der Waals surface area contributed by atoms with Gasteiger partial charge in [0.15, 0.2) is 0 Å². The van der Waals surface area contributed by atoms with Gasteiger partial charge < -0.3 is 4.90 Å². The first-order valence-corrected chi connectivity index (χ1v) is 6.14. The third-order valence-corrected chi connectivity index (χ3v) is 4.71. The van der Waals surface area contributed by atoms with Crippen molar-refractivity contribution in [2.24, 2.45) is 5.41 Å². The average Bonchev–Trinajstić information content (AvgIpc) is 2.65. The molecule has 0 radical (unpaired) electrons. The van der Waals surface area contributed by atoms with Crippen molar-refractivity contribution >= 4 is 15.9 Å². The van der Waals surface area contributed by atoms with Crippen molar-refractivity contribution in [3.8, 4) is 0 Å². The number of hydrogen-bond donors (Lipinski definition) is 0. The Morgan fingerprint density at radius 3 is 2.42 bits per heavy atom. The Kier molecular flexibility index (Phi) is 2.48. The number of alkyl halides is 1. The minimum Gasteiger partial charge on any atom is -0.303 e. The van der Waals surface area contributed by atoms with E-state index in [1.165, 1.54) is 44.0 Å². The highest BCUT2D eigenvalue weighted by Gasteiger charge is 2.43. The zero-order valence-electron chi connectivity index (χ0n) is 7.85. The average molecular weight is 232 g/mol. The molecule has 2 aliphatic carbocycles. The van der Waals surface area contributed by atoms with Crippen LogP contribution in [-0.4, -0.2) is 29.9 Å². The summed E-state index contributed by atoms with van der Waals surface area (Å²) in [6.07, 6.45) is 7.21. The van der Waals surface area contributed by atoms with Crippen LogP contribution >= 0.6 is 15.9 Å². The summed E-state index contributed by atoms with van der Waals surface area (Å²) in [5.41, 5.74) is 0.671. The third kappa shape index (κ3) is 1.69. The standard InChI is InChI=1S/C10H18BrN/c1-12(9-3-2-4-9)8-10(7-11)5-6-10/h9H,2-8H2,1H3. The molecular weight excluding hydrogens is 214 g/mol. The van der Waals surface area contributed by atoms with Gasteiger partial charge in [0.1, 0.15) is 0 Å². The van der Waals surface area contributed by atoms with E-state index in [0.29, 0.717) is 5.41 Å². The van der Waals surface area contributed by atoms with Crippen LogP contribution in [0.4, 0.5) is 0 Å². The van der Waals surface area contributed by atoms with Crippen LogP contribution in [-0.2, 0) is 0 Å². The Labute approximate surface area is 83.6 Å². The Balaban J connectivity index is 1.77. The molecule has 0 N–H and O–H groups in total. The molecule has 2 aliphatic rings. The Morgan fingerprint density at radius 2 is 2.08 bits per heavy atom. The van der Waals surface area contributed by atoms with E-state index < -0.39 is 0 Å². The molecule has 0 aliphatic heterocycles. The number of halogens is 1. The molecule has 0 aromatic carbocycles. The predicted octanol–water partition coefficient (Wildman–Crippen LogP) is 2.65. The molecular formula is C10H18BrN. The molecule has 2 heteroatoms. The van der Waals surface area contributed by atoms with Crippen LogP contribution < -0.4 is 0 Å². The minimum absolute atomic E-state index is 0.671. The molecule has 0 saturated heterocycles. The lowest BCUT2D eigenvalue weighted by molar-refractivity contribution is 0.137. The molecule has 1 nitrogen and oxygen atoms in total. The van der Waals surface area contributed by atoms with Crippen LogP contribution in [0.15, 0.2) is 0 Å². The quantitative estimate of drug-likeness (QED) is 0.673. The second-order valence-corrected chi connectivity index (χ2v) is 5.19. The molecule has 0 heterocycles. The van der Waals surface area contributed by atoms with E-state index in [0.717, 1.165) is 6.04 Å². The first-order chi connectivity index (χ1) is 5.76. The fourth-order valence-corrected chi connectivity index (χ4v) is 2.73. The molecule has 0 aromatic heterocycles. The van der Waals surface area contributed by atoms with E-state index >= 15 is 0 Å². The lowest BCUT2D eigenvalue weighted by Crippen LogP contribution is -2.40. The van der Waals surface area contributed by atoms with Crippen LogP contribution in [0, 0.1) is 5.41 Å². The topological polar surface area (TPSA) is 3.24 Å². The van der Waals surface area contributed by atoms with Crippen molar-refractivity contribution in [3.63, 3.8) is 0 Å². The normalized spacial score (nSPS) is 27.2. The monoisotopic (exact) mass is 231 g/mol. The van der Waals surface area contributed by atoms with Gasteiger partial charge in [-0.05, 0) is 38.1 Å². The molecule has 0 aromatic rings. The van der Waals surface area contributed by atoms with Gasteiger partial charge >= 0.3 is 0 Å². The molecule has 2 fully saturated rings. The molecule has 0 spiro atoms. The summed E-state index contributed by atoms with van der Waals surface area (Å²) in [4.78, 5) is 2.58. The predicted molar refractivity (Wildman–Crippen MR) is 55.7 cm³/mol. The lowest BCUT2D eigenvalue weighted by Gasteiger charge is -2.36. The van der Waals surface area contributed by atoms with Gasteiger partial charge in [-0.2, -0.15) is 0 Å². The summed E-state index contributed by atoms with van der Waals surface area (Å²) in [6, 6.07) is 0.918. The molecule has 0 bridgehead atoms. The van der Waals surface area contributed by atoms with Gasteiger partial charge in [0.2, 0.25) is 0 Å². The summed E-state index contributed by atoms with van der Waals surface area (Å²) in [6.45, 7) is 1.32. The van der Waals surface area contributed by atoms with Gasteiger partial charge in [-0.1, -0.05) is 22.4 Å². The van der Waals surface area contributed by atoms with Gasteiger partial charge in [0, 0.05) is 17.9 Å². The number of nitrogens with zero attached hydrogens (tertiary/aromatic N) is 1. The SMILES string of the molecule is CN(CC1(CBr)CC1)C1CCC1. The van der Waals surface area contributed by atoms with Crippen molar-refractivity contribution < 1.29 is 0 Å². The highest BCUT2D eigenvalue weighted by atomic mass is 79.9. The van der Waals surface area contributed by atoms with Crippen LogP contribution in [0.3, 0.4) is 0 Å². The van der Waals surface area contributed by atoms with Crippen molar-refractivity contribution in [1.29, 1.82) is 0 Å². The summed E-state index contributed by atoms with van der Waals surface area (Å²) < 4.78 is 0. The van der Waals surface area contributed by atoms with E-state index in [4.69, 9.17) is 0 Å². The Morgan fingerprint density at radius 1 is 1.42 bits per heavy atom. The molecule has 0 unspecified atom stereocenters. The molecule has 2 saturated carbocycles. The van der Waals surface area contributed by atoms with Gasteiger partial charge in [-0.15, -0.1) is 0 Å². The summed E-state index contributed by atoms with van der Waals surface area (Å²) >= 11 is 3.62. The number of hydrogen-bond acceptors (Lipinski definition) is 1. The molecule has 2 rings (SSSR count). The second-order valence-electron chi connectivity index (χ2n) is 4.63. The maximum Gasteiger partial charge on any atom is 0.0100 e. The van der Waals surface area contributed by atoms with Crippen LogP contribution in [0.5, 0.6) is 0 Å². The van der Waals surface area contributed by atoms with Crippen molar-refractivity contribution in [2.75, 3.05) is 18.9 Å². The number of rotatable bonds is 4. The van der Waals surface area contributed by atoms with Crippen molar-refractivity contribution in [1.82, 2.24) is 4.90 Å². The van der Waals surface area contributed by atoms with Crippen LogP contribution in [0.2, 0.25) is 0 Å². The second kappa shape index (κ2) is 3.30. The van der Waals surface area contributed by atoms with Crippen LogP contribution in [0.25, 0.3) is 0 Å². The summed E-state index contributed by atoms with van der Waals surface area (Å²) in [7, 11) is 2.30. The van der Waals surface area contributed by atoms with Crippen molar-refractivity contribution in [3.05, 3.63) is 0 Å². The smallest absolute Gasteiger partial charge is 0.0100 e. The zero-order valence-corrected chi connectivity index (χ0v) is 9.44. The van der Waals surface area contributed by atoms with Gasteiger partial charge in [-0.3, -0.25) is 0 Å². The molecule has 70 valence electrons. The first kappa shape index (κ1) is 9.01. The van der Waals surface area contributed by atoms with E-state index in [-0.39, 0.29) is 0 Å². The summed E-state index contributed by atoms with van der Waals surface area (Å²) in [5, 5.41) is 1.21. The van der Waals surface area contributed by atoms with Crippen LogP contribution in [0.1, 0.15) is 32.1 Å². The van der Waals surface area contributed by atoms with E-state index in [9.17, 15) is 0 Å². The van der Waals surface area contributed by atoms with Gasteiger partial charge in [0.25, 0.3) is 0 Å². The largest absolute Gasteiger partial charge is 0.303 e. The van der Waals surface area contributed by atoms with E-state index in [1.54, 1.807) is 0 Å². The highest BCUT2D eigenvalue weighted by molar-refractivity contribution is 9.09. The first-order valence-electron chi connectivity index (χ1n) is 5.02. The maximum absolute atomic E-state index is 3.62. The molecule has 0 atom stereocenters. The molecule has 0 amide bonds. The third-order valence-electron chi connectivity index (χ3n) is 3.52. The Bertz CT molecular complexity index is 161. The minimum atomic E-state index is 0.671. The maximum atomic E-state index is 3.62. The van der Waals surface area contributed by atoms with E-state index in [2.05, 4.69) is 27.9 Å². The van der Waals surface area contributed by atoms with Gasteiger partial charge in [-0.25, -0.2) is 0 Å².